The molecule has 1 N–H and O–H groups in total. The SMILES string of the molecule is C=CC(=O)OCC(CO)(COC(=O)C=C)COC(=O)C=C.C=CC(=O)OCC(COC(=O)C=C)OC(=O)C=C. The van der Waals surface area contributed by atoms with E-state index in [1.54, 1.807) is 0 Å². The topological polar surface area (TPSA) is 178 Å². The Morgan fingerprint density at radius 2 is 0.821 bits per heavy atom. The Bertz CT molecular complexity index is 848. The maximum atomic E-state index is 11.1. The Morgan fingerprint density at radius 1 is 0.538 bits per heavy atom. The standard InChI is InChI=1S/C14H18O7.C12H14O6/c1-4-11(16)19-8-14(7-15,9-20-12(17)5-2)10-21-13(18)6-3;1-4-10(13)16-7-9(18-12(15)6-3)8-17-11(14)5-2/h4-6,15H,1-3,7-10H2;4-6,9H,1-3,7-8H2. The largest absolute Gasteiger partial charge is 0.462 e. The summed E-state index contributed by atoms with van der Waals surface area (Å²) in [7, 11) is 0. The second-order valence-electron chi connectivity index (χ2n) is 7.02. The van der Waals surface area contributed by atoms with Crippen molar-refractivity contribution < 1.29 is 62.3 Å². The molecule has 13 heteroatoms. The van der Waals surface area contributed by atoms with Gasteiger partial charge in [0.1, 0.15) is 33.0 Å². The molecule has 0 bridgehead atoms. The molecule has 13 nitrogen and oxygen atoms in total. The molecule has 0 aromatic heterocycles. The summed E-state index contributed by atoms with van der Waals surface area (Å²) in [5.74, 6) is -4.24. The minimum Gasteiger partial charge on any atom is -0.462 e. The van der Waals surface area contributed by atoms with Crippen LogP contribution in [0.3, 0.4) is 0 Å². The van der Waals surface area contributed by atoms with Crippen LogP contribution in [0.2, 0.25) is 0 Å². The number of hydrogen-bond donors (Lipinski definition) is 1. The third kappa shape index (κ3) is 18.2. The highest BCUT2D eigenvalue weighted by atomic mass is 16.6. The first-order valence-electron chi connectivity index (χ1n) is 10.9. The van der Waals surface area contributed by atoms with Gasteiger partial charge in [0.2, 0.25) is 0 Å². The molecule has 39 heavy (non-hydrogen) atoms. The van der Waals surface area contributed by atoms with E-state index in [2.05, 4.69) is 48.9 Å². The summed E-state index contributed by atoms with van der Waals surface area (Å²) in [5, 5.41) is 9.48. The molecule has 0 radical (unpaired) electrons. The van der Waals surface area contributed by atoms with E-state index in [4.69, 9.17) is 18.9 Å². The van der Waals surface area contributed by atoms with Crippen molar-refractivity contribution in [2.24, 2.45) is 5.41 Å². The van der Waals surface area contributed by atoms with Crippen molar-refractivity contribution in [3.05, 3.63) is 75.9 Å². The van der Waals surface area contributed by atoms with Crippen molar-refractivity contribution in [1.29, 1.82) is 0 Å². The van der Waals surface area contributed by atoms with Gasteiger partial charge in [-0.25, -0.2) is 28.8 Å². The molecule has 214 valence electrons. The molecule has 0 aliphatic carbocycles. The van der Waals surface area contributed by atoms with Gasteiger partial charge in [-0.1, -0.05) is 39.5 Å². The number of hydrogen-bond acceptors (Lipinski definition) is 13. The van der Waals surface area contributed by atoms with Gasteiger partial charge in [-0.2, -0.15) is 0 Å². The van der Waals surface area contributed by atoms with E-state index in [1.165, 1.54) is 0 Å². The van der Waals surface area contributed by atoms with Gasteiger partial charge in [0, 0.05) is 36.5 Å². The van der Waals surface area contributed by atoms with E-state index in [1.807, 2.05) is 0 Å². The first-order valence-corrected chi connectivity index (χ1v) is 10.9. The molecule has 0 saturated heterocycles. The summed E-state index contributed by atoms with van der Waals surface area (Å²) in [5.41, 5.74) is -1.28. The zero-order valence-corrected chi connectivity index (χ0v) is 21.4. The van der Waals surface area contributed by atoms with Crippen LogP contribution in [0, 0.1) is 5.41 Å². The van der Waals surface area contributed by atoms with Gasteiger partial charge in [0.15, 0.2) is 6.10 Å². The smallest absolute Gasteiger partial charge is 0.330 e. The Hall–Kier alpha value is -4.78. The lowest BCUT2D eigenvalue weighted by Gasteiger charge is -2.29. The van der Waals surface area contributed by atoms with Crippen LogP contribution >= 0.6 is 0 Å². The van der Waals surface area contributed by atoms with E-state index in [-0.39, 0.29) is 33.0 Å². The van der Waals surface area contributed by atoms with Crippen LogP contribution in [0.4, 0.5) is 0 Å². The van der Waals surface area contributed by atoms with Crippen LogP contribution in [0.5, 0.6) is 0 Å². The third-order valence-electron chi connectivity index (χ3n) is 4.00. The lowest BCUT2D eigenvalue weighted by atomic mass is 9.92. The van der Waals surface area contributed by atoms with E-state index < -0.39 is 53.9 Å². The van der Waals surface area contributed by atoms with Crippen LogP contribution in [0.15, 0.2) is 75.9 Å². The highest BCUT2D eigenvalue weighted by molar-refractivity contribution is 5.83. The summed E-state index contributed by atoms with van der Waals surface area (Å²) < 4.78 is 28.7. The van der Waals surface area contributed by atoms with E-state index in [9.17, 15) is 33.9 Å². The van der Waals surface area contributed by atoms with Gasteiger partial charge >= 0.3 is 35.8 Å². The summed E-state index contributed by atoms with van der Waals surface area (Å²) in [6.07, 6.45) is 4.76. The number of ether oxygens (including phenoxy) is 6. The minimum absolute atomic E-state index is 0.255. The zero-order valence-electron chi connectivity index (χ0n) is 21.4. The predicted octanol–water partition coefficient (Wildman–Crippen LogP) is 0.695. The average molecular weight is 553 g/mol. The quantitative estimate of drug-likeness (QED) is 0.143. The first kappa shape index (κ1) is 36.4. The number of esters is 6. The summed E-state index contributed by atoms with van der Waals surface area (Å²) in [4.78, 5) is 66.0. The Labute approximate surface area is 225 Å². The van der Waals surface area contributed by atoms with Crippen molar-refractivity contribution >= 4 is 35.8 Å². The number of carbonyl (C=O) groups excluding carboxylic acids is 6. The Morgan fingerprint density at radius 3 is 1.08 bits per heavy atom. The lowest BCUT2D eigenvalue weighted by molar-refractivity contribution is -0.160. The molecule has 0 saturated carbocycles. The molecule has 0 aliphatic heterocycles. The fraction of sp³-hybridized carbons (Fsp3) is 0.308. The monoisotopic (exact) mass is 552 g/mol. The normalized spacial score (nSPS) is 9.69. The van der Waals surface area contributed by atoms with Gasteiger partial charge in [0.25, 0.3) is 0 Å². The fourth-order valence-corrected chi connectivity index (χ4v) is 1.91. The molecule has 0 rings (SSSR count). The van der Waals surface area contributed by atoms with Gasteiger partial charge < -0.3 is 33.5 Å². The number of carbonyl (C=O) groups is 6. The van der Waals surface area contributed by atoms with Gasteiger partial charge in [-0.05, 0) is 0 Å². The Kier molecular flexibility index (Phi) is 19.9. The molecular formula is C26H32O13. The summed E-state index contributed by atoms with van der Waals surface area (Å²) >= 11 is 0. The minimum atomic E-state index is -1.28. The van der Waals surface area contributed by atoms with E-state index >= 15 is 0 Å². The average Bonchev–Trinajstić information content (AvgIpc) is 2.97. The van der Waals surface area contributed by atoms with Crippen molar-refractivity contribution in [2.75, 3.05) is 39.6 Å². The molecule has 0 atom stereocenters. The molecule has 0 aromatic rings. The molecule has 0 fully saturated rings. The van der Waals surface area contributed by atoms with Crippen LogP contribution in [-0.4, -0.2) is 86.7 Å². The maximum Gasteiger partial charge on any atom is 0.330 e. The zero-order chi connectivity index (χ0) is 30.3. The lowest BCUT2D eigenvalue weighted by Crippen LogP contribution is -2.42. The van der Waals surface area contributed by atoms with Crippen molar-refractivity contribution in [3.8, 4) is 0 Å². The molecule has 0 aliphatic rings. The van der Waals surface area contributed by atoms with Gasteiger partial charge in [-0.3, -0.25) is 0 Å². The van der Waals surface area contributed by atoms with Crippen LogP contribution in [0.25, 0.3) is 0 Å². The predicted molar refractivity (Wildman–Crippen MR) is 135 cm³/mol. The van der Waals surface area contributed by atoms with Crippen molar-refractivity contribution in [3.63, 3.8) is 0 Å². The van der Waals surface area contributed by atoms with Gasteiger partial charge in [0.05, 0.1) is 12.0 Å². The Balaban J connectivity index is 0. The molecule has 0 unspecified atom stereocenters. The summed E-state index contributed by atoms with van der Waals surface area (Å²) in [6.45, 7) is 17.3. The fourth-order valence-electron chi connectivity index (χ4n) is 1.91. The van der Waals surface area contributed by atoms with Crippen LogP contribution < -0.4 is 0 Å². The second-order valence-corrected chi connectivity index (χ2v) is 7.02. The molecule has 0 heterocycles. The van der Waals surface area contributed by atoms with E-state index in [0.717, 1.165) is 36.5 Å². The van der Waals surface area contributed by atoms with Crippen LogP contribution in [0.1, 0.15) is 0 Å². The van der Waals surface area contributed by atoms with Crippen molar-refractivity contribution in [2.45, 2.75) is 6.10 Å². The number of aliphatic hydroxyl groups excluding tert-OH is 1. The van der Waals surface area contributed by atoms with Gasteiger partial charge in [-0.15, -0.1) is 0 Å². The highest BCUT2D eigenvalue weighted by Gasteiger charge is 2.35. The molecule has 0 amide bonds. The number of aliphatic hydroxyl groups is 1. The summed E-state index contributed by atoms with van der Waals surface area (Å²) in [6, 6.07) is 0. The number of rotatable bonds is 18. The maximum absolute atomic E-state index is 11.1. The molecule has 0 spiro atoms. The van der Waals surface area contributed by atoms with Crippen molar-refractivity contribution in [1.82, 2.24) is 0 Å². The molecular weight excluding hydrogens is 520 g/mol. The highest BCUT2D eigenvalue weighted by Crippen LogP contribution is 2.19. The van der Waals surface area contributed by atoms with E-state index in [0.29, 0.717) is 0 Å². The first-order chi connectivity index (χ1) is 18.5. The third-order valence-corrected chi connectivity index (χ3v) is 4.00. The van der Waals surface area contributed by atoms with Crippen LogP contribution in [-0.2, 0) is 57.2 Å². The molecule has 0 aromatic carbocycles. The second kappa shape index (κ2) is 21.3.